The maximum absolute atomic E-state index is 12.9. The van der Waals surface area contributed by atoms with E-state index in [1.807, 2.05) is 32.3 Å². The van der Waals surface area contributed by atoms with Crippen molar-refractivity contribution in [2.24, 2.45) is 0 Å². The largest absolute Gasteiger partial charge is 0.354 e. The number of halogens is 1. The van der Waals surface area contributed by atoms with Gasteiger partial charge >= 0.3 is 0 Å². The SMILES string of the molecule is CN(C)C[C@@H](NC(=S)Nc1ccc(F)cc1)c1ccccc1. The van der Waals surface area contributed by atoms with Crippen LogP contribution in [0.1, 0.15) is 11.6 Å². The van der Waals surface area contributed by atoms with Crippen LogP contribution in [-0.2, 0) is 0 Å². The van der Waals surface area contributed by atoms with Crippen LogP contribution < -0.4 is 10.6 Å². The zero-order valence-electron chi connectivity index (χ0n) is 12.7. The molecule has 0 aliphatic heterocycles. The van der Waals surface area contributed by atoms with Crippen LogP contribution in [0.25, 0.3) is 0 Å². The maximum Gasteiger partial charge on any atom is 0.171 e. The van der Waals surface area contributed by atoms with Crippen molar-refractivity contribution in [3.63, 3.8) is 0 Å². The first kappa shape index (κ1) is 16.4. The molecule has 0 bridgehead atoms. The molecule has 116 valence electrons. The minimum absolute atomic E-state index is 0.0802. The van der Waals surface area contributed by atoms with E-state index in [9.17, 15) is 4.39 Å². The Morgan fingerprint density at radius 1 is 1.09 bits per heavy atom. The van der Waals surface area contributed by atoms with E-state index in [0.29, 0.717) is 5.11 Å². The summed E-state index contributed by atoms with van der Waals surface area (Å²) in [5.41, 5.74) is 1.93. The maximum atomic E-state index is 12.9. The molecule has 22 heavy (non-hydrogen) atoms. The van der Waals surface area contributed by atoms with Gasteiger partial charge in [0.1, 0.15) is 5.82 Å². The van der Waals surface area contributed by atoms with E-state index >= 15 is 0 Å². The van der Waals surface area contributed by atoms with Crippen molar-refractivity contribution < 1.29 is 4.39 Å². The first-order valence-corrected chi connectivity index (χ1v) is 7.48. The number of anilines is 1. The molecule has 0 aliphatic rings. The normalized spacial score (nSPS) is 12.0. The van der Waals surface area contributed by atoms with Crippen LogP contribution in [0.3, 0.4) is 0 Å². The molecule has 2 aromatic rings. The molecule has 0 spiro atoms. The van der Waals surface area contributed by atoms with Gasteiger partial charge in [0.15, 0.2) is 5.11 Å². The average Bonchev–Trinajstić information content (AvgIpc) is 2.49. The van der Waals surface area contributed by atoms with Crippen molar-refractivity contribution in [2.75, 3.05) is 26.0 Å². The lowest BCUT2D eigenvalue weighted by Crippen LogP contribution is -2.37. The second kappa shape index (κ2) is 7.87. The van der Waals surface area contributed by atoms with Gasteiger partial charge < -0.3 is 15.5 Å². The molecule has 0 radical (unpaired) electrons. The lowest BCUT2D eigenvalue weighted by Gasteiger charge is -2.24. The summed E-state index contributed by atoms with van der Waals surface area (Å²) >= 11 is 5.36. The Morgan fingerprint density at radius 3 is 2.32 bits per heavy atom. The van der Waals surface area contributed by atoms with Gasteiger partial charge in [-0.3, -0.25) is 0 Å². The summed E-state index contributed by atoms with van der Waals surface area (Å²) in [5.74, 6) is -0.265. The van der Waals surface area contributed by atoms with Gasteiger partial charge in [-0.15, -0.1) is 0 Å². The smallest absolute Gasteiger partial charge is 0.171 e. The highest BCUT2D eigenvalue weighted by Gasteiger charge is 2.13. The van der Waals surface area contributed by atoms with Crippen LogP contribution >= 0.6 is 12.2 Å². The van der Waals surface area contributed by atoms with Gasteiger partial charge in [0.25, 0.3) is 0 Å². The van der Waals surface area contributed by atoms with E-state index in [-0.39, 0.29) is 11.9 Å². The zero-order chi connectivity index (χ0) is 15.9. The third kappa shape index (κ3) is 5.09. The standard InChI is InChI=1S/C17H20FN3S/c1-21(2)12-16(13-6-4-3-5-7-13)20-17(22)19-15-10-8-14(18)9-11-15/h3-11,16H,12H2,1-2H3,(H2,19,20,22)/t16-/m1/s1. The summed E-state index contributed by atoms with van der Waals surface area (Å²) < 4.78 is 12.9. The highest BCUT2D eigenvalue weighted by Crippen LogP contribution is 2.14. The average molecular weight is 317 g/mol. The van der Waals surface area contributed by atoms with Crippen molar-refractivity contribution >= 4 is 23.0 Å². The van der Waals surface area contributed by atoms with E-state index in [1.54, 1.807) is 12.1 Å². The molecule has 0 heterocycles. The molecule has 3 nitrogen and oxygen atoms in total. The van der Waals surface area contributed by atoms with E-state index < -0.39 is 0 Å². The van der Waals surface area contributed by atoms with Crippen molar-refractivity contribution in [3.05, 3.63) is 66.0 Å². The van der Waals surface area contributed by atoms with Gasteiger partial charge in [0, 0.05) is 12.2 Å². The van der Waals surface area contributed by atoms with Gasteiger partial charge in [0.2, 0.25) is 0 Å². The molecule has 0 saturated heterocycles. The Bertz CT molecular complexity index is 599. The first-order valence-electron chi connectivity index (χ1n) is 7.07. The van der Waals surface area contributed by atoms with E-state index in [1.165, 1.54) is 17.7 Å². The van der Waals surface area contributed by atoms with Gasteiger partial charge in [-0.25, -0.2) is 4.39 Å². The lowest BCUT2D eigenvalue weighted by molar-refractivity contribution is 0.363. The van der Waals surface area contributed by atoms with Crippen LogP contribution in [-0.4, -0.2) is 30.7 Å². The van der Waals surface area contributed by atoms with Crippen LogP contribution in [0.5, 0.6) is 0 Å². The summed E-state index contributed by atoms with van der Waals surface area (Å²) in [6, 6.07) is 16.4. The fourth-order valence-corrected chi connectivity index (χ4v) is 2.40. The summed E-state index contributed by atoms with van der Waals surface area (Å²) in [6.45, 7) is 0.815. The van der Waals surface area contributed by atoms with Gasteiger partial charge in [-0.05, 0) is 56.1 Å². The van der Waals surface area contributed by atoms with E-state index in [2.05, 4.69) is 27.7 Å². The molecule has 0 unspecified atom stereocenters. The Labute approximate surface area is 136 Å². The predicted octanol–water partition coefficient (Wildman–Crippen LogP) is 3.42. The minimum Gasteiger partial charge on any atom is -0.354 e. The van der Waals surface area contributed by atoms with E-state index in [4.69, 9.17) is 12.2 Å². The van der Waals surface area contributed by atoms with Crippen molar-refractivity contribution in [1.82, 2.24) is 10.2 Å². The molecular weight excluding hydrogens is 297 g/mol. The number of rotatable bonds is 5. The lowest BCUT2D eigenvalue weighted by atomic mass is 10.1. The van der Waals surface area contributed by atoms with Gasteiger partial charge in [-0.2, -0.15) is 0 Å². The van der Waals surface area contributed by atoms with Crippen LogP contribution in [0.2, 0.25) is 0 Å². The second-order valence-corrected chi connectivity index (χ2v) is 5.74. The molecule has 0 saturated carbocycles. The number of likely N-dealkylation sites (N-methyl/N-ethyl adjacent to an activating group) is 1. The molecular formula is C17H20FN3S. The summed E-state index contributed by atoms with van der Waals surface area (Å²) in [7, 11) is 4.04. The molecule has 2 aromatic carbocycles. The third-order valence-corrected chi connectivity index (χ3v) is 3.38. The monoisotopic (exact) mass is 317 g/mol. The van der Waals surface area contributed by atoms with Crippen LogP contribution in [0.15, 0.2) is 54.6 Å². The molecule has 0 aliphatic carbocycles. The first-order chi connectivity index (χ1) is 10.5. The quantitative estimate of drug-likeness (QED) is 0.827. The third-order valence-electron chi connectivity index (χ3n) is 3.16. The second-order valence-electron chi connectivity index (χ2n) is 5.33. The number of nitrogens with zero attached hydrogens (tertiary/aromatic N) is 1. The highest BCUT2D eigenvalue weighted by molar-refractivity contribution is 7.80. The highest BCUT2D eigenvalue weighted by atomic mass is 32.1. The topological polar surface area (TPSA) is 27.3 Å². The Kier molecular flexibility index (Phi) is 5.86. The van der Waals surface area contributed by atoms with E-state index in [0.717, 1.165) is 12.2 Å². The minimum atomic E-state index is -0.265. The number of benzene rings is 2. The van der Waals surface area contributed by atoms with Crippen molar-refractivity contribution in [1.29, 1.82) is 0 Å². The molecule has 0 fully saturated rings. The summed E-state index contributed by atoms with van der Waals surface area (Å²) in [6.07, 6.45) is 0. The number of hydrogen-bond acceptors (Lipinski definition) is 2. The zero-order valence-corrected chi connectivity index (χ0v) is 13.5. The Morgan fingerprint density at radius 2 is 1.73 bits per heavy atom. The molecule has 2 N–H and O–H groups in total. The van der Waals surface area contributed by atoms with Gasteiger partial charge in [-0.1, -0.05) is 30.3 Å². The predicted molar refractivity (Wildman–Crippen MR) is 93.5 cm³/mol. The number of hydrogen-bond donors (Lipinski definition) is 2. The van der Waals surface area contributed by atoms with Crippen molar-refractivity contribution in [2.45, 2.75) is 6.04 Å². The number of nitrogens with one attached hydrogen (secondary N) is 2. The van der Waals surface area contributed by atoms with Crippen LogP contribution in [0, 0.1) is 5.82 Å². The fourth-order valence-electron chi connectivity index (χ4n) is 2.14. The summed E-state index contributed by atoms with van der Waals surface area (Å²) in [5, 5.41) is 6.91. The molecule has 2 rings (SSSR count). The molecule has 0 amide bonds. The Hall–Kier alpha value is -1.98. The molecule has 5 heteroatoms. The Balaban J connectivity index is 2.03. The fraction of sp³-hybridized carbons (Fsp3) is 0.235. The summed E-state index contributed by atoms with van der Waals surface area (Å²) in [4.78, 5) is 2.10. The van der Waals surface area contributed by atoms with Crippen LogP contribution in [0.4, 0.5) is 10.1 Å². The molecule has 0 aromatic heterocycles. The van der Waals surface area contributed by atoms with Crippen molar-refractivity contribution in [3.8, 4) is 0 Å². The van der Waals surface area contributed by atoms with Gasteiger partial charge in [0.05, 0.1) is 6.04 Å². The number of thiocarbonyl (C=S) groups is 1. The molecule has 1 atom stereocenters.